The number of hydrogen-bond donors (Lipinski definition) is 0. The van der Waals surface area contributed by atoms with E-state index in [1.54, 1.807) is 11.3 Å². The van der Waals surface area contributed by atoms with Crippen LogP contribution in [0.3, 0.4) is 0 Å². The van der Waals surface area contributed by atoms with Gasteiger partial charge in [0.1, 0.15) is 0 Å². The summed E-state index contributed by atoms with van der Waals surface area (Å²) in [5.41, 5.74) is 3.00. The van der Waals surface area contributed by atoms with Crippen LogP contribution in [-0.4, -0.2) is 48.6 Å². The summed E-state index contributed by atoms with van der Waals surface area (Å²) in [5.74, 6) is -0.226. The number of thiazole rings is 1. The quantitative estimate of drug-likeness (QED) is 0.479. The molecule has 2 heterocycles. The number of nitrogens with zero attached hydrogens (tertiary/aromatic N) is 3. The van der Waals surface area contributed by atoms with Gasteiger partial charge in [0.25, 0.3) is 0 Å². The first-order chi connectivity index (χ1) is 14.5. The van der Waals surface area contributed by atoms with Crippen molar-refractivity contribution in [2.75, 3.05) is 37.7 Å². The standard InChI is InChI=1S/C22H23Cl2N3O2S/c1-2-29-21(28)12-15-9-16(11-18(24)10-15)14-26-5-7-27(8-6-26)22-25-19-4-3-17(23)13-20(19)30-22/h3-4,9-11,13H,2,5-8,12,14H2,1H3. The zero-order chi connectivity index (χ0) is 21.1. The van der Waals surface area contributed by atoms with Crippen molar-refractivity contribution in [1.82, 2.24) is 9.88 Å². The highest BCUT2D eigenvalue weighted by atomic mass is 35.5. The Bertz CT molecular complexity index is 1050. The molecule has 1 aliphatic heterocycles. The van der Waals surface area contributed by atoms with Gasteiger partial charge in [0, 0.05) is 42.8 Å². The summed E-state index contributed by atoms with van der Waals surface area (Å²) in [5, 5.41) is 2.44. The summed E-state index contributed by atoms with van der Waals surface area (Å²) in [7, 11) is 0. The van der Waals surface area contributed by atoms with Crippen LogP contribution in [0.15, 0.2) is 36.4 Å². The lowest BCUT2D eigenvalue weighted by Crippen LogP contribution is -2.45. The molecule has 0 atom stereocenters. The fourth-order valence-corrected chi connectivity index (χ4v) is 5.24. The molecule has 0 unspecified atom stereocenters. The summed E-state index contributed by atoms with van der Waals surface area (Å²) < 4.78 is 6.17. The smallest absolute Gasteiger partial charge is 0.310 e. The molecule has 1 aliphatic rings. The highest BCUT2D eigenvalue weighted by molar-refractivity contribution is 7.22. The van der Waals surface area contributed by atoms with Gasteiger partial charge in [0.2, 0.25) is 0 Å². The predicted octanol–water partition coefficient (Wildman–Crippen LogP) is 5.03. The SMILES string of the molecule is CCOC(=O)Cc1cc(Cl)cc(CN2CCN(c3nc4ccc(Cl)cc4s3)CC2)c1. The molecule has 0 saturated carbocycles. The number of rotatable bonds is 6. The van der Waals surface area contributed by atoms with Crippen molar-refractivity contribution in [1.29, 1.82) is 0 Å². The van der Waals surface area contributed by atoms with Crippen molar-refractivity contribution >= 4 is 55.9 Å². The number of aromatic nitrogens is 1. The Morgan fingerprint density at radius 1 is 1.07 bits per heavy atom. The first kappa shape index (κ1) is 21.4. The molecule has 0 radical (unpaired) electrons. The molecule has 1 fully saturated rings. The zero-order valence-corrected chi connectivity index (χ0v) is 19.1. The van der Waals surface area contributed by atoms with Gasteiger partial charge in [-0.05, 0) is 48.4 Å². The Balaban J connectivity index is 1.37. The average Bonchev–Trinajstić information content (AvgIpc) is 3.11. The Kier molecular flexibility index (Phi) is 6.78. The van der Waals surface area contributed by atoms with Crippen LogP contribution in [-0.2, 0) is 22.5 Å². The third-order valence-corrected chi connectivity index (χ3v) is 6.59. The number of benzene rings is 2. The predicted molar refractivity (Wildman–Crippen MR) is 124 cm³/mol. The minimum Gasteiger partial charge on any atom is -0.466 e. The lowest BCUT2D eigenvalue weighted by molar-refractivity contribution is -0.142. The fourth-order valence-electron chi connectivity index (χ4n) is 3.67. The Morgan fingerprint density at radius 3 is 2.60 bits per heavy atom. The summed E-state index contributed by atoms with van der Waals surface area (Å²) in [6, 6.07) is 11.7. The molecule has 1 aromatic heterocycles. The number of fused-ring (bicyclic) bond motifs is 1. The number of hydrogen-bond acceptors (Lipinski definition) is 6. The third kappa shape index (κ3) is 5.24. The van der Waals surface area contributed by atoms with Crippen LogP contribution in [0.2, 0.25) is 10.0 Å². The second kappa shape index (κ2) is 9.52. The lowest BCUT2D eigenvalue weighted by atomic mass is 10.1. The maximum Gasteiger partial charge on any atom is 0.310 e. The topological polar surface area (TPSA) is 45.7 Å². The van der Waals surface area contributed by atoms with Crippen molar-refractivity contribution in [3.05, 3.63) is 57.6 Å². The van der Waals surface area contributed by atoms with Gasteiger partial charge in [0.05, 0.1) is 23.2 Å². The summed E-state index contributed by atoms with van der Waals surface area (Å²) in [6.45, 7) is 6.72. The van der Waals surface area contributed by atoms with E-state index in [-0.39, 0.29) is 12.4 Å². The largest absolute Gasteiger partial charge is 0.466 e. The molecule has 5 nitrogen and oxygen atoms in total. The van der Waals surface area contributed by atoms with E-state index in [0.29, 0.717) is 11.6 Å². The average molecular weight is 464 g/mol. The van der Waals surface area contributed by atoms with E-state index >= 15 is 0 Å². The van der Waals surface area contributed by atoms with E-state index in [1.165, 1.54) is 0 Å². The van der Waals surface area contributed by atoms with Gasteiger partial charge in [-0.3, -0.25) is 9.69 Å². The number of carbonyl (C=O) groups is 1. The van der Waals surface area contributed by atoms with Crippen LogP contribution in [0.1, 0.15) is 18.1 Å². The molecule has 2 aromatic carbocycles. The van der Waals surface area contributed by atoms with Crippen molar-refractivity contribution in [3.63, 3.8) is 0 Å². The molecule has 0 amide bonds. The van der Waals surface area contributed by atoms with E-state index in [1.807, 2.05) is 43.3 Å². The number of ether oxygens (including phenoxy) is 1. The van der Waals surface area contributed by atoms with Crippen LogP contribution in [0, 0.1) is 0 Å². The number of anilines is 1. The van der Waals surface area contributed by atoms with Gasteiger partial charge < -0.3 is 9.64 Å². The van der Waals surface area contributed by atoms with Gasteiger partial charge >= 0.3 is 5.97 Å². The van der Waals surface area contributed by atoms with E-state index in [4.69, 9.17) is 32.9 Å². The molecule has 158 valence electrons. The minimum atomic E-state index is -0.226. The molecule has 4 rings (SSSR count). The normalized spacial score (nSPS) is 15.0. The molecule has 8 heteroatoms. The molecular formula is C22H23Cl2N3O2S. The van der Waals surface area contributed by atoms with Crippen LogP contribution >= 0.6 is 34.5 Å². The zero-order valence-electron chi connectivity index (χ0n) is 16.7. The molecule has 0 aliphatic carbocycles. The highest BCUT2D eigenvalue weighted by Crippen LogP contribution is 2.31. The minimum absolute atomic E-state index is 0.226. The molecular weight excluding hydrogens is 441 g/mol. The van der Waals surface area contributed by atoms with Crippen LogP contribution in [0.5, 0.6) is 0 Å². The van der Waals surface area contributed by atoms with Crippen LogP contribution < -0.4 is 4.90 Å². The van der Waals surface area contributed by atoms with Gasteiger partial charge in [0.15, 0.2) is 5.13 Å². The summed E-state index contributed by atoms with van der Waals surface area (Å²) in [4.78, 5) is 21.3. The van der Waals surface area contributed by atoms with E-state index in [0.717, 1.165) is 64.2 Å². The van der Waals surface area contributed by atoms with Gasteiger partial charge in [-0.25, -0.2) is 4.98 Å². The third-order valence-electron chi connectivity index (χ3n) is 5.06. The number of carbonyl (C=O) groups excluding carboxylic acids is 1. The second-order valence-corrected chi connectivity index (χ2v) is 9.20. The molecule has 1 saturated heterocycles. The van der Waals surface area contributed by atoms with Gasteiger partial charge in [-0.15, -0.1) is 0 Å². The first-order valence-electron chi connectivity index (χ1n) is 9.97. The Labute approximate surface area is 190 Å². The number of halogens is 2. The van der Waals surface area contributed by atoms with E-state index in [2.05, 4.69) is 9.80 Å². The van der Waals surface area contributed by atoms with E-state index in [9.17, 15) is 4.79 Å². The number of piperazine rings is 1. The maximum atomic E-state index is 11.8. The van der Waals surface area contributed by atoms with Gasteiger partial charge in [-0.2, -0.15) is 0 Å². The van der Waals surface area contributed by atoms with Gasteiger partial charge in [-0.1, -0.05) is 40.6 Å². The van der Waals surface area contributed by atoms with Crippen molar-refractivity contribution in [2.45, 2.75) is 19.9 Å². The molecule has 0 N–H and O–H groups in total. The second-order valence-electron chi connectivity index (χ2n) is 7.32. The molecule has 30 heavy (non-hydrogen) atoms. The Morgan fingerprint density at radius 2 is 1.83 bits per heavy atom. The number of esters is 1. The van der Waals surface area contributed by atoms with Crippen molar-refractivity contribution < 1.29 is 9.53 Å². The molecule has 0 bridgehead atoms. The highest BCUT2D eigenvalue weighted by Gasteiger charge is 2.20. The molecule has 0 spiro atoms. The van der Waals surface area contributed by atoms with Crippen molar-refractivity contribution in [2.24, 2.45) is 0 Å². The molecule has 3 aromatic rings. The summed E-state index contributed by atoms with van der Waals surface area (Å²) in [6.07, 6.45) is 0.247. The summed E-state index contributed by atoms with van der Waals surface area (Å²) >= 11 is 14.1. The fraction of sp³-hybridized carbons (Fsp3) is 0.364. The van der Waals surface area contributed by atoms with E-state index < -0.39 is 0 Å². The maximum absolute atomic E-state index is 11.8. The van der Waals surface area contributed by atoms with Crippen LogP contribution in [0.4, 0.5) is 5.13 Å². The van der Waals surface area contributed by atoms with Crippen molar-refractivity contribution in [3.8, 4) is 0 Å². The first-order valence-corrected chi connectivity index (χ1v) is 11.5. The monoisotopic (exact) mass is 463 g/mol. The Hall–Kier alpha value is -1.86. The van der Waals surface area contributed by atoms with Crippen LogP contribution in [0.25, 0.3) is 10.2 Å². The lowest BCUT2D eigenvalue weighted by Gasteiger charge is -2.34.